The third-order valence-corrected chi connectivity index (χ3v) is 3.74. The Morgan fingerprint density at radius 3 is 2.41 bits per heavy atom. The molecule has 0 saturated heterocycles. The zero-order valence-corrected chi connectivity index (χ0v) is 13.4. The average molecular weight is 292 g/mol. The molecule has 22 heavy (non-hydrogen) atoms. The lowest BCUT2D eigenvalue weighted by molar-refractivity contribution is 0.866. The highest BCUT2D eigenvalue weighted by atomic mass is 15.2. The number of aromatic nitrogens is 2. The minimum atomic E-state index is 0.523. The molecule has 1 aromatic carbocycles. The Morgan fingerprint density at radius 2 is 1.73 bits per heavy atom. The van der Waals surface area contributed by atoms with Crippen LogP contribution >= 0.6 is 0 Å². The van der Waals surface area contributed by atoms with Crippen LogP contribution < -0.4 is 0 Å². The van der Waals surface area contributed by atoms with Gasteiger partial charge in [-0.3, -0.25) is 4.40 Å². The summed E-state index contributed by atoms with van der Waals surface area (Å²) in [5.41, 5.74) is 5.13. The molecule has 3 rings (SSSR count). The molecule has 0 spiro atoms. The summed E-state index contributed by atoms with van der Waals surface area (Å²) in [6.07, 6.45) is 1.99. The highest BCUT2D eigenvalue weighted by Crippen LogP contribution is 2.25. The summed E-state index contributed by atoms with van der Waals surface area (Å²) in [5.74, 6) is 1.30. The Labute approximate surface area is 130 Å². The second-order valence-corrected chi connectivity index (χ2v) is 5.90. The lowest BCUT2D eigenvalue weighted by Crippen LogP contribution is -1.85. The van der Waals surface area contributed by atoms with Crippen molar-refractivity contribution in [2.24, 2.45) is 10.2 Å². The van der Waals surface area contributed by atoms with Crippen LogP contribution in [0.25, 0.3) is 5.65 Å². The summed E-state index contributed by atoms with van der Waals surface area (Å²) in [7, 11) is 0. The van der Waals surface area contributed by atoms with Gasteiger partial charge < -0.3 is 0 Å². The first kappa shape index (κ1) is 14.4. The molecule has 0 N–H and O–H groups in total. The minimum absolute atomic E-state index is 0.523. The zero-order chi connectivity index (χ0) is 15.7. The quantitative estimate of drug-likeness (QED) is 0.588. The van der Waals surface area contributed by atoms with Crippen LogP contribution in [-0.2, 0) is 0 Å². The van der Waals surface area contributed by atoms with Crippen LogP contribution in [0.15, 0.2) is 52.8 Å². The Bertz CT molecular complexity index is 826. The molecule has 3 aromatic rings. The summed E-state index contributed by atoms with van der Waals surface area (Å²) in [5, 5.41) is 8.74. The van der Waals surface area contributed by atoms with Gasteiger partial charge in [-0.2, -0.15) is 0 Å². The molecule has 112 valence electrons. The van der Waals surface area contributed by atoms with Crippen LogP contribution in [0.5, 0.6) is 0 Å². The van der Waals surface area contributed by atoms with Crippen molar-refractivity contribution in [1.29, 1.82) is 0 Å². The number of aryl methyl sites for hydroxylation is 2. The monoisotopic (exact) mass is 292 g/mol. The van der Waals surface area contributed by atoms with E-state index in [1.165, 1.54) is 11.1 Å². The van der Waals surface area contributed by atoms with Crippen LogP contribution in [0.2, 0.25) is 0 Å². The highest BCUT2D eigenvalue weighted by Gasteiger charge is 2.07. The maximum atomic E-state index is 4.53. The van der Waals surface area contributed by atoms with E-state index in [0.717, 1.165) is 22.8 Å². The zero-order valence-electron chi connectivity index (χ0n) is 13.4. The second-order valence-electron chi connectivity index (χ2n) is 5.90. The Balaban J connectivity index is 1.93. The summed E-state index contributed by atoms with van der Waals surface area (Å²) in [6, 6.07) is 12.3. The van der Waals surface area contributed by atoms with Crippen LogP contribution in [-0.4, -0.2) is 9.38 Å². The molecule has 0 radical (unpaired) electrons. The van der Waals surface area contributed by atoms with Crippen molar-refractivity contribution in [2.75, 3.05) is 0 Å². The van der Waals surface area contributed by atoms with Crippen molar-refractivity contribution in [3.63, 3.8) is 0 Å². The third-order valence-electron chi connectivity index (χ3n) is 3.74. The van der Waals surface area contributed by atoms with E-state index in [4.69, 9.17) is 0 Å². The molecule has 0 aliphatic rings. The fourth-order valence-electron chi connectivity index (χ4n) is 2.40. The number of fused-ring (bicyclic) bond motifs is 1. The van der Waals surface area contributed by atoms with Gasteiger partial charge in [-0.1, -0.05) is 26.0 Å². The molecule has 0 unspecified atom stereocenters. The van der Waals surface area contributed by atoms with Crippen molar-refractivity contribution in [2.45, 2.75) is 33.6 Å². The first-order valence-electron chi connectivity index (χ1n) is 7.51. The third kappa shape index (κ3) is 2.77. The molecule has 2 aromatic heterocycles. The number of benzene rings is 1. The maximum Gasteiger partial charge on any atom is 0.182 e. The normalized spacial score (nSPS) is 11.9. The Kier molecular flexibility index (Phi) is 3.75. The molecule has 0 aliphatic heterocycles. The maximum absolute atomic E-state index is 4.53. The number of rotatable bonds is 3. The first-order valence-corrected chi connectivity index (χ1v) is 7.51. The van der Waals surface area contributed by atoms with Crippen molar-refractivity contribution >= 4 is 17.2 Å². The molecule has 0 atom stereocenters. The van der Waals surface area contributed by atoms with E-state index in [-0.39, 0.29) is 0 Å². The van der Waals surface area contributed by atoms with Gasteiger partial charge in [0.25, 0.3) is 0 Å². The molecule has 0 saturated carbocycles. The second kappa shape index (κ2) is 5.72. The van der Waals surface area contributed by atoms with Gasteiger partial charge in [0.05, 0.1) is 11.4 Å². The molecular formula is C18H20N4. The summed E-state index contributed by atoms with van der Waals surface area (Å²) < 4.78 is 1.97. The van der Waals surface area contributed by atoms with Gasteiger partial charge in [0.1, 0.15) is 5.65 Å². The predicted octanol–water partition coefficient (Wildman–Crippen LogP) is 5.49. The summed E-state index contributed by atoms with van der Waals surface area (Å²) in [6.45, 7) is 8.38. The Morgan fingerprint density at radius 1 is 1.00 bits per heavy atom. The van der Waals surface area contributed by atoms with Crippen molar-refractivity contribution in [1.82, 2.24) is 9.38 Å². The molecule has 0 fully saturated rings. The van der Waals surface area contributed by atoms with E-state index in [1.807, 2.05) is 41.8 Å². The number of azo groups is 1. The minimum Gasteiger partial charge on any atom is -0.283 e. The first-order chi connectivity index (χ1) is 10.5. The van der Waals surface area contributed by atoms with E-state index in [1.54, 1.807) is 0 Å². The standard InChI is InChI=1S/C18H20N4/c1-12(2)15-5-7-16(8-6-15)20-21-18-14(4)19-17-11-13(3)9-10-22(17)18/h5-12H,1-4H3. The van der Waals surface area contributed by atoms with Gasteiger partial charge in [-0.25, -0.2) is 4.98 Å². The smallest absolute Gasteiger partial charge is 0.182 e. The van der Waals surface area contributed by atoms with Crippen molar-refractivity contribution in [3.8, 4) is 0 Å². The van der Waals surface area contributed by atoms with Gasteiger partial charge in [0, 0.05) is 6.20 Å². The van der Waals surface area contributed by atoms with Crippen LogP contribution in [0.4, 0.5) is 11.5 Å². The number of hydrogen-bond acceptors (Lipinski definition) is 3. The molecule has 0 amide bonds. The molecule has 0 bridgehead atoms. The molecule has 2 heterocycles. The van der Waals surface area contributed by atoms with Gasteiger partial charge in [-0.15, -0.1) is 10.2 Å². The molecule has 4 heteroatoms. The molecule has 0 aliphatic carbocycles. The topological polar surface area (TPSA) is 42.0 Å². The van der Waals surface area contributed by atoms with E-state index in [9.17, 15) is 0 Å². The number of hydrogen-bond donors (Lipinski definition) is 0. The van der Waals surface area contributed by atoms with Gasteiger partial charge >= 0.3 is 0 Å². The lowest BCUT2D eigenvalue weighted by Gasteiger charge is -2.04. The van der Waals surface area contributed by atoms with E-state index in [0.29, 0.717) is 5.92 Å². The van der Waals surface area contributed by atoms with E-state index < -0.39 is 0 Å². The molecular weight excluding hydrogens is 272 g/mol. The SMILES string of the molecule is Cc1ccn2c(N=Nc3ccc(C(C)C)cc3)c(C)nc2c1. The summed E-state index contributed by atoms with van der Waals surface area (Å²) in [4.78, 5) is 4.53. The van der Waals surface area contributed by atoms with Crippen molar-refractivity contribution < 1.29 is 0 Å². The van der Waals surface area contributed by atoms with E-state index in [2.05, 4.69) is 48.1 Å². The lowest BCUT2D eigenvalue weighted by atomic mass is 10.0. The predicted molar refractivity (Wildman–Crippen MR) is 89.4 cm³/mol. The van der Waals surface area contributed by atoms with Gasteiger partial charge in [-0.05, 0) is 55.2 Å². The Hall–Kier alpha value is -2.49. The van der Waals surface area contributed by atoms with E-state index >= 15 is 0 Å². The highest BCUT2D eigenvalue weighted by molar-refractivity contribution is 5.53. The van der Waals surface area contributed by atoms with Gasteiger partial charge in [0.2, 0.25) is 0 Å². The molecule has 4 nitrogen and oxygen atoms in total. The number of imidazole rings is 1. The fraction of sp³-hybridized carbons (Fsp3) is 0.278. The van der Waals surface area contributed by atoms with Crippen LogP contribution in [0, 0.1) is 13.8 Å². The average Bonchev–Trinajstić information content (AvgIpc) is 2.80. The number of pyridine rings is 1. The van der Waals surface area contributed by atoms with Crippen LogP contribution in [0.3, 0.4) is 0 Å². The largest absolute Gasteiger partial charge is 0.283 e. The van der Waals surface area contributed by atoms with Crippen LogP contribution in [0.1, 0.15) is 36.6 Å². The number of nitrogens with zero attached hydrogens (tertiary/aromatic N) is 4. The fourth-order valence-corrected chi connectivity index (χ4v) is 2.40. The summed E-state index contributed by atoms with van der Waals surface area (Å²) >= 11 is 0. The van der Waals surface area contributed by atoms with Gasteiger partial charge in [0.15, 0.2) is 5.82 Å². The van der Waals surface area contributed by atoms with Crippen molar-refractivity contribution in [3.05, 3.63) is 59.4 Å².